The number of nitrogens with zero attached hydrogens (tertiary/aromatic N) is 1. The van der Waals surface area contributed by atoms with Gasteiger partial charge in [0.1, 0.15) is 5.82 Å². The van der Waals surface area contributed by atoms with Crippen LogP contribution in [0.15, 0.2) is 71.6 Å². The van der Waals surface area contributed by atoms with Crippen molar-refractivity contribution in [1.82, 2.24) is 4.90 Å². The second-order valence-corrected chi connectivity index (χ2v) is 9.28. The highest BCUT2D eigenvalue weighted by atomic mass is 32.2. The Morgan fingerprint density at radius 1 is 0.939 bits per heavy atom. The summed E-state index contributed by atoms with van der Waals surface area (Å²) in [5.41, 5.74) is 3.23. The molecule has 0 saturated heterocycles. The van der Waals surface area contributed by atoms with Gasteiger partial charge in [-0.15, -0.1) is 0 Å². The van der Waals surface area contributed by atoms with Crippen molar-refractivity contribution in [3.05, 3.63) is 89.2 Å². The van der Waals surface area contributed by atoms with Crippen molar-refractivity contribution < 1.29 is 22.4 Å². The Bertz CT molecular complexity index is 1270. The number of hydrogen-bond acceptors (Lipinski definition) is 4. The summed E-state index contributed by atoms with van der Waals surface area (Å²) >= 11 is 0. The molecule has 0 unspecified atom stereocenters. The lowest BCUT2D eigenvalue weighted by molar-refractivity contribution is -0.116. The van der Waals surface area contributed by atoms with Crippen LogP contribution >= 0.6 is 0 Å². The first-order valence-corrected chi connectivity index (χ1v) is 11.5. The predicted molar refractivity (Wildman–Crippen MR) is 125 cm³/mol. The van der Waals surface area contributed by atoms with Crippen molar-refractivity contribution in [3.8, 4) is 0 Å². The molecule has 3 aromatic rings. The molecule has 0 saturated carbocycles. The maximum Gasteiger partial charge on any atom is 0.261 e. The monoisotopic (exact) mass is 469 g/mol. The smallest absolute Gasteiger partial charge is 0.261 e. The van der Waals surface area contributed by atoms with E-state index in [4.69, 9.17) is 0 Å². The average molecular weight is 470 g/mol. The summed E-state index contributed by atoms with van der Waals surface area (Å²) in [4.78, 5) is 26.3. The summed E-state index contributed by atoms with van der Waals surface area (Å²) in [6, 6.07) is 15.8. The summed E-state index contributed by atoms with van der Waals surface area (Å²) in [6.07, 6.45) is 0. The number of benzene rings is 3. The summed E-state index contributed by atoms with van der Waals surface area (Å²) in [5, 5.41) is 2.81. The van der Waals surface area contributed by atoms with Gasteiger partial charge in [0, 0.05) is 24.0 Å². The highest BCUT2D eigenvalue weighted by molar-refractivity contribution is 7.92. The number of aryl methyl sites for hydroxylation is 1. The summed E-state index contributed by atoms with van der Waals surface area (Å²) in [6.45, 7) is 3.71. The summed E-state index contributed by atoms with van der Waals surface area (Å²) < 4.78 is 40.2. The molecular weight excluding hydrogens is 445 g/mol. The van der Waals surface area contributed by atoms with E-state index in [9.17, 15) is 22.4 Å². The van der Waals surface area contributed by atoms with Crippen LogP contribution in [0.4, 0.5) is 15.8 Å². The molecule has 0 fully saturated rings. The zero-order valence-electron chi connectivity index (χ0n) is 18.4. The molecule has 3 aromatic carbocycles. The fourth-order valence-corrected chi connectivity index (χ4v) is 4.15. The van der Waals surface area contributed by atoms with E-state index in [1.54, 1.807) is 6.07 Å². The van der Waals surface area contributed by atoms with Crippen molar-refractivity contribution in [2.45, 2.75) is 18.7 Å². The van der Waals surface area contributed by atoms with Crippen LogP contribution in [-0.4, -0.2) is 38.7 Å². The second kappa shape index (κ2) is 9.83. The van der Waals surface area contributed by atoms with Crippen LogP contribution in [-0.2, 0) is 14.8 Å². The standard InChI is InChI=1S/C24H24FN3O4S/c1-16-5-4-6-22(17(16)2)26-23(29)15-28(3)24(30)18-7-11-20(12-8-18)27-33(31,32)21-13-9-19(25)10-14-21/h4-14,27H,15H2,1-3H3,(H,26,29). The van der Waals surface area contributed by atoms with E-state index in [0.29, 0.717) is 11.3 Å². The van der Waals surface area contributed by atoms with Crippen LogP contribution < -0.4 is 10.0 Å². The molecular formula is C24H24FN3O4S. The van der Waals surface area contributed by atoms with Gasteiger partial charge in [0.05, 0.1) is 11.4 Å². The molecule has 33 heavy (non-hydrogen) atoms. The van der Waals surface area contributed by atoms with E-state index in [1.807, 2.05) is 26.0 Å². The van der Waals surface area contributed by atoms with Crippen LogP contribution in [0, 0.1) is 19.7 Å². The summed E-state index contributed by atoms with van der Waals surface area (Å²) in [7, 11) is -2.39. The Balaban J connectivity index is 1.62. The number of rotatable bonds is 7. The quantitative estimate of drug-likeness (QED) is 0.548. The van der Waals surface area contributed by atoms with E-state index in [0.717, 1.165) is 35.4 Å². The fraction of sp³-hybridized carbons (Fsp3) is 0.167. The molecule has 0 heterocycles. The van der Waals surface area contributed by atoms with Gasteiger partial charge in [0.2, 0.25) is 5.91 Å². The van der Waals surface area contributed by atoms with Crippen molar-refractivity contribution in [2.75, 3.05) is 23.6 Å². The van der Waals surface area contributed by atoms with E-state index < -0.39 is 15.8 Å². The molecule has 0 spiro atoms. The van der Waals surface area contributed by atoms with Gasteiger partial charge in [-0.05, 0) is 79.6 Å². The van der Waals surface area contributed by atoms with Crippen LogP contribution in [0.3, 0.4) is 0 Å². The highest BCUT2D eigenvalue weighted by Gasteiger charge is 2.17. The molecule has 172 valence electrons. The maximum absolute atomic E-state index is 13.0. The molecule has 2 N–H and O–H groups in total. The highest BCUT2D eigenvalue weighted by Crippen LogP contribution is 2.19. The van der Waals surface area contributed by atoms with Gasteiger partial charge >= 0.3 is 0 Å². The SMILES string of the molecule is Cc1cccc(NC(=O)CN(C)C(=O)c2ccc(NS(=O)(=O)c3ccc(F)cc3)cc2)c1C. The minimum atomic E-state index is -3.90. The van der Waals surface area contributed by atoms with Gasteiger partial charge < -0.3 is 10.2 Å². The molecule has 0 atom stereocenters. The molecule has 0 aromatic heterocycles. The summed E-state index contributed by atoms with van der Waals surface area (Å²) in [5.74, 6) is -1.26. The lowest BCUT2D eigenvalue weighted by Gasteiger charge is -2.18. The lowest BCUT2D eigenvalue weighted by Crippen LogP contribution is -2.35. The zero-order chi connectivity index (χ0) is 24.2. The van der Waals surface area contributed by atoms with E-state index in [2.05, 4.69) is 10.0 Å². The normalized spacial score (nSPS) is 11.0. The van der Waals surface area contributed by atoms with Gasteiger partial charge in [0.25, 0.3) is 15.9 Å². The van der Waals surface area contributed by atoms with Gasteiger partial charge in [0.15, 0.2) is 0 Å². The van der Waals surface area contributed by atoms with Crippen LogP contribution in [0.25, 0.3) is 0 Å². The maximum atomic E-state index is 13.0. The lowest BCUT2D eigenvalue weighted by atomic mass is 10.1. The topological polar surface area (TPSA) is 95.6 Å². The van der Waals surface area contributed by atoms with Gasteiger partial charge in [-0.3, -0.25) is 14.3 Å². The number of likely N-dealkylation sites (N-methyl/N-ethyl adjacent to an activating group) is 1. The van der Waals surface area contributed by atoms with Crippen LogP contribution in [0.5, 0.6) is 0 Å². The van der Waals surface area contributed by atoms with Gasteiger partial charge in [-0.2, -0.15) is 0 Å². The first-order chi connectivity index (χ1) is 15.6. The molecule has 0 aliphatic heterocycles. The van der Waals surface area contributed by atoms with Crippen molar-refractivity contribution in [1.29, 1.82) is 0 Å². The fourth-order valence-electron chi connectivity index (χ4n) is 3.09. The molecule has 0 aliphatic carbocycles. The third-order valence-corrected chi connectivity index (χ3v) is 6.51. The van der Waals surface area contributed by atoms with Gasteiger partial charge in [-0.1, -0.05) is 12.1 Å². The first kappa shape index (κ1) is 23.9. The van der Waals surface area contributed by atoms with E-state index in [1.165, 1.54) is 36.2 Å². The van der Waals surface area contributed by atoms with Crippen molar-refractivity contribution >= 4 is 33.2 Å². The number of carbonyl (C=O) groups is 2. The Hall–Kier alpha value is -3.72. The minimum absolute atomic E-state index is 0.0846. The van der Waals surface area contributed by atoms with Crippen LogP contribution in [0.1, 0.15) is 21.5 Å². The largest absolute Gasteiger partial charge is 0.332 e. The number of amides is 2. The number of halogens is 1. The van der Waals surface area contributed by atoms with E-state index >= 15 is 0 Å². The minimum Gasteiger partial charge on any atom is -0.332 e. The van der Waals surface area contributed by atoms with E-state index in [-0.39, 0.29) is 28.9 Å². The molecule has 3 rings (SSSR count). The van der Waals surface area contributed by atoms with Crippen molar-refractivity contribution in [3.63, 3.8) is 0 Å². The molecule has 0 bridgehead atoms. The Morgan fingerprint density at radius 2 is 1.58 bits per heavy atom. The number of anilines is 2. The number of hydrogen-bond donors (Lipinski definition) is 2. The Morgan fingerprint density at radius 3 is 2.21 bits per heavy atom. The number of nitrogens with one attached hydrogen (secondary N) is 2. The molecule has 0 aliphatic rings. The molecule has 7 nitrogen and oxygen atoms in total. The third-order valence-electron chi connectivity index (χ3n) is 5.11. The third kappa shape index (κ3) is 5.95. The second-order valence-electron chi connectivity index (χ2n) is 7.59. The first-order valence-electron chi connectivity index (χ1n) is 10.1. The number of carbonyl (C=O) groups excluding carboxylic acids is 2. The zero-order valence-corrected chi connectivity index (χ0v) is 19.2. The van der Waals surface area contributed by atoms with Gasteiger partial charge in [-0.25, -0.2) is 12.8 Å². The molecule has 2 amide bonds. The Labute approximate surface area is 192 Å². The van der Waals surface area contributed by atoms with Crippen molar-refractivity contribution in [2.24, 2.45) is 0 Å². The average Bonchev–Trinajstić information content (AvgIpc) is 2.77. The molecule has 9 heteroatoms. The number of sulfonamides is 1. The van der Waals surface area contributed by atoms with Crippen LogP contribution in [0.2, 0.25) is 0 Å². The Kier molecular flexibility index (Phi) is 7.13. The molecule has 0 radical (unpaired) electrons. The predicted octanol–water partition coefficient (Wildman–Crippen LogP) is 3.95.